The van der Waals surface area contributed by atoms with E-state index >= 15 is 0 Å². The molecule has 6 heteroatoms. The zero-order chi connectivity index (χ0) is 8.27. The van der Waals surface area contributed by atoms with Crippen LogP contribution in [0.2, 0.25) is 5.15 Å². The van der Waals surface area contributed by atoms with Gasteiger partial charge in [0.2, 0.25) is 0 Å². The molecule has 0 aliphatic rings. The summed E-state index contributed by atoms with van der Waals surface area (Å²) in [6.45, 7) is 0. The molecule has 0 fully saturated rings. The third kappa shape index (κ3) is 2.92. The van der Waals surface area contributed by atoms with Gasteiger partial charge in [-0.15, -0.1) is 0 Å². The third-order valence-corrected chi connectivity index (χ3v) is 1.67. The highest BCUT2D eigenvalue weighted by atomic mass is 35.5. The molecule has 11 heavy (non-hydrogen) atoms. The molecule has 0 N–H and O–H groups in total. The van der Waals surface area contributed by atoms with E-state index in [1.54, 1.807) is 0 Å². The molecule has 1 rings (SSSR count). The second kappa shape index (κ2) is 3.75. The number of hydrogen-bond acceptors (Lipinski definition) is 4. The van der Waals surface area contributed by atoms with Crippen LogP contribution < -0.4 is 0 Å². The molecule has 0 saturated heterocycles. The van der Waals surface area contributed by atoms with Crippen molar-refractivity contribution in [2.45, 2.75) is 5.75 Å². The van der Waals surface area contributed by atoms with Gasteiger partial charge in [-0.05, 0) is 11.1 Å². The minimum absolute atomic E-state index is 0.121. The van der Waals surface area contributed by atoms with Crippen molar-refractivity contribution < 1.29 is 8.76 Å². The third-order valence-electron chi connectivity index (χ3n) is 0.940. The molecule has 1 heterocycles. The first-order chi connectivity index (χ1) is 5.18. The topological polar surface area (TPSA) is 65.9 Å². The van der Waals surface area contributed by atoms with Gasteiger partial charge in [0.1, 0.15) is 5.15 Å². The summed E-state index contributed by atoms with van der Waals surface area (Å²) in [5, 5.41) is 0.255. The number of nitrogens with zero attached hydrogens (tertiary/aromatic N) is 2. The minimum atomic E-state index is -2.12. The van der Waals surface area contributed by atoms with E-state index in [-0.39, 0.29) is 10.9 Å². The van der Waals surface area contributed by atoms with Crippen LogP contribution in [0.25, 0.3) is 0 Å². The monoisotopic (exact) mass is 191 g/mol. The molecule has 1 atom stereocenters. The largest absolute Gasteiger partial charge is 0.772 e. The predicted octanol–water partition coefficient (Wildman–Crippen LogP) is 0.509. The minimum Gasteiger partial charge on any atom is -0.772 e. The maximum atomic E-state index is 10.2. The van der Waals surface area contributed by atoms with Crippen molar-refractivity contribution >= 4 is 22.7 Å². The van der Waals surface area contributed by atoms with Gasteiger partial charge in [0, 0.05) is 0 Å². The Morgan fingerprint density at radius 2 is 2.27 bits per heavy atom. The van der Waals surface area contributed by atoms with Crippen LogP contribution in [0.4, 0.5) is 0 Å². The Bertz CT molecular complexity index is 264. The molecule has 0 bridgehead atoms. The maximum absolute atomic E-state index is 10.2. The smallest absolute Gasteiger partial charge is 0.147 e. The second-order valence-electron chi connectivity index (χ2n) is 1.78. The molecule has 0 aromatic carbocycles. The molecule has 0 aliphatic carbocycles. The summed E-state index contributed by atoms with van der Waals surface area (Å²) in [5.41, 5.74) is 0.391. The zero-order valence-corrected chi connectivity index (χ0v) is 6.93. The zero-order valence-electron chi connectivity index (χ0n) is 5.36. The lowest BCUT2D eigenvalue weighted by molar-refractivity contribution is 0.535. The van der Waals surface area contributed by atoms with E-state index < -0.39 is 11.1 Å². The summed E-state index contributed by atoms with van der Waals surface area (Å²) in [6, 6.07) is 0. The van der Waals surface area contributed by atoms with E-state index in [0.717, 1.165) is 0 Å². The lowest BCUT2D eigenvalue weighted by Crippen LogP contribution is -1.96. The number of aromatic nitrogens is 2. The average molecular weight is 192 g/mol. The maximum Gasteiger partial charge on any atom is 0.147 e. The molecule has 0 spiro atoms. The molecule has 0 amide bonds. The molecule has 0 aliphatic heterocycles. The highest BCUT2D eigenvalue weighted by Gasteiger charge is 1.94. The SMILES string of the molecule is O=S([O-])Cc1cnc(Cl)cn1. The van der Waals surface area contributed by atoms with Gasteiger partial charge in [-0.2, -0.15) is 0 Å². The van der Waals surface area contributed by atoms with E-state index in [4.69, 9.17) is 11.6 Å². The van der Waals surface area contributed by atoms with Gasteiger partial charge in [-0.3, -0.25) is 9.19 Å². The van der Waals surface area contributed by atoms with E-state index in [9.17, 15) is 8.76 Å². The quantitative estimate of drug-likeness (QED) is 0.639. The highest BCUT2D eigenvalue weighted by molar-refractivity contribution is 7.78. The first-order valence-electron chi connectivity index (χ1n) is 2.71. The fourth-order valence-electron chi connectivity index (χ4n) is 0.534. The summed E-state index contributed by atoms with van der Waals surface area (Å²) >= 11 is 3.30. The van der Waals surface area contributed by atoms with E-state index in [1.165, 1.54) is 12.4 Å². The van der Waals surface area contributed by atoms with Crippen LogP contribution >= 0.6 is 11.6 Å². The average Bonchev–Trinajstić information content (AvgIpc) is 1.93. The fourth-order valence-corrected chi connectivity index (χ4v) is 1.02. The summed E-state index contributed by atoms with van der Waals surface area (Å²) in [5.74, 6) is -0.121. The van der Waals surface area contributed by atoms with Crippen molar-refractivity contribution in [3.63, 3.8) is 0 Å². The Labute approximate surface area is 70.9 Å². The van der Waals surface area contributed by atoms with Crippen LogP contribution in [0.3, 0.4) is 0 Å². The first-order valence-corrected chi connectivity index (χ1v) is 4.33. The molecule has 60 valence electrons. The van der Waals surface area contributed by atoms with Crippen molar-refractivity contribution in [3.05, 3.63) is 23.2 Å². The van der Waals surface area contributed by atoms with Crippen molar-refractivity contribution in [1.29, 1.82) is 0 Å². The molecule has 1 aromatic heterocycles. The van der Waals surface area contributed by atoms with Crippen molar-refractivity contribution in [2.75, 3.05) is 0 Å². The number of halogens is 1. The molecular weight excluding hydrogens is 188 g/mol. The number of rotatable bonds is 2. The lowest BCUT2D eigenvalue weighted by atomic mass is 10.5. The molecule has 1 aromatic rings. The van der Waals surface area contributed by atoms with Crippen LogP contribution in [0.1, 0.15) is 5.69 Å². The van der Waals surface area contributed by atoms with Gasteiger partial charge in [-0.25, -0.2) is 4.98 Å². The van der Waals surface area contributed by atoms with Gasteiger partial charge in [0.05, 0.1) is 23.8 Å². The van der Waals surface area contributed by atoms with Crippen LogP contribution in [-0.4, -0.2) is 18.7 Å². The standard InChI is InChI=1S/C5H5ClN2O2S/c6-5-2-7-4(1-8-5)3-11(9)10/h1-2H,3H2,(H,9,10)/p-1. The Morgan fingerprint density at radius 1 is 1.55 bits per heavy atom. The molecule has 4 nitrogen and oxygen atoms in total. The molecule has 1 unspecified atom stereocenters. The van der Waals surface area contributed by atoms with E-state index in [0.29, 0.717) is 5.69 Å². The lowest BCUT2D eigenvalue weighted by Gasteiger charge is -2.02. The molecule has 0 saturated carbocycles. The Hall–Kier alpha value is -0.520. The van der Waals surface area contributed by atoms with Gasteiger partial charge >= 0.3 is 0 Å². The summed E-state index contributed by atoms with van der Waals surface area (Å²) in [7, 11) is 0. The summed E-state index contributed by atoms with van der Waals surface area (Å²) < 4.78 is 20.3. The van der Waals surface area contributed by atoms with Crippen LogP contribution in [0.15, 0.2) is 12.4 Å². The second-order valence-corrected chi connectivity index (χ2v) is 3.06. The fraction of sp³-hybridized carbons (Fsp3) is 0.200. The first kappa shape index (κ1) is 8.58. The van der Waals surface area contributed by atoms with Crippen LogP contribution in [0, 0.1) is 0 Å². The Morgan fingerprint density at radius 3 is 2.73 bits per heavy atom. The molecule has 0 radical (unpaired) electrons. The number of hydrogen-bond donors (Lipinski definition) is 0. The summed E-state index contributed by atoms with van der Waals surface area (Å²) in [6.07, 6.45) is 2.64. The van der Waals surface area contributed by atoms with Crippen LogP contribution in [-0.2, 0) is 16.8 Å². The summed E-state index contributed by atoms with van der Waals surface area (Å²) in [4.78, 5) is 7.39. The van der Waals surface area contributed by atoms with Gasteiger partial charge in [0.15, 0.2) is 0 Å². The Kier molecular flexibility index (Phi) is 2.92. The molecular formula is C5H4ClN2O2S-. The van der Waals surface area contributed by atoms with E-state index in [1.807, 2.05) is 0 Å². The van der Waals surface area contributed by atoms with Crippen molar-refractivity contribution in [3.8, 4) is 0 Å². The normalized spacial score (nSPS) is 12.9. The van der Waals surface area contributed by atoms with Crippen LogP contribution in [0.5, 0.6) is 0 Å². The van der Waals surface area contributed by atoms with E-state index in [2.05, 4.69) is 9.97 Å². The Balaban J connectivity index is 2.74. The highest BCUT2D eigenvalue weighted by Crippen LogP contribution is 2.02. The van der Waals surface area contributed by atoms with Gasteiger partial charge in [0.25, 0.3) is 0 Å². The van der Waals surface area contributed by atoms with Gasteiger partial charge in [-0.1, -0.05) is 11.6 Å². The van der Waals surface area contributed by atoms with Gasteiger partial charge < -0.3 is 4.55 Å². The predicted molar refractivity (Wildman–Crippen MR) is 39.7 cm³/mol. The van der Waals surface area contributed by atoms with Crippen molar-refractivity contribution in [2.24, 2.45) is 0 Å². The van der Waals surface area contributed by atoms with Crippen molar-refractivity contribution in [1.82, 2.24) is 9.97 Å².